The minimum Gasteiger partial charge on any atom is -0.493 e. The monoisotopic (exact) mass is 447 g/mol. The van der Waals surface area contributed by atoms with E-state index in [1.54, 1.807) is 11.3 Å². The predicted octanol–water partition coefficient (Wildman–Crippen LogP) is 5.59. The molecule has 0 saturated heterocycles. The molecule has 0 amide bonds. The van der Waals surface area contributed by atoms with E-state index in [0.29, 0.717) is 12.4 Å². The molecule has 4 rings (SSSR count). The summed E-state index contributed by atoms with van der Waals surface area (Å²) in [4.78, 5) is 7.61. The van der Waals surface area contributed by atoms with E-state index in [-0.39, 0.29) is 6.61 Å². The summed E-state index contributed by atoms with van der Waals surface area (Å²) in [6.07, 6.45) is 6.27. The van der Waals surface area contributed by atoms with Crippen molar-refractivity contribution in [1.82, 2.24) is 9.97 Å². The van der Waals surface area contributed by atoms with E-state index in [2.05, 4.69) is 63.2 Å². The molecular formula is C26H29N3O2S. The van der Waals surface area contributed by atoms with E-state index in [4.69, 9.17) is 10.5 Å². The maximum absolute atomic E-state index is 9.27. The number of aryl methyl sites for hydroxylation is 1. The van der Waals surface area contributed by atoms with Gasteiger partial charge in [-0.25, -0.2) is 4.98 Å². The fourth-order valence-electron chi connectivity index (χ4n) is 3.65. The number of nitrogens with one attached hydrogen (secondary N) is 1. The van der Waals surface area contributed by atoms with Crippen molar-refractivity contribution in [3.05, 3.63) is 82.9 Å². The first-order valence-electron chi connectivity index (χ1n) is 11.0. The Labute approximate surface area is 192 Å². The van der Waals surface area contributed by atoms with Gasteiger partial charge >= 0.3 is 0 Å². The van der Waals surface area contributed by atoms with Crippen molar-refractivity contribution in [3.8, 4) is 28.1 Å². The minimum atomic E-state index is -0.510. The van der Waals surface area contributed by atoms with E-state index in [1.165, 1.54) is 12.0 Å². The number of rotatable bonds is 11. The topological polar surface area (TPSA) is 84.2 Å². The van der Waals surface area contributed by atoms with Crippen LogP contribution in [0.4, 0.5) is 0 Å². The Hall–Kier alpha value is -2.93. The van der Waals surface area contributed by atoms with E-state index < -0.39 is 6.04 Å². The molecule has 0 fully saturated rings. The van der Waals surface area contributed by atoms with Crippen LogP contribution < -0.4 is 10.5 Å². The van der Waals surface area contributed by atoms with E-state index >= 15 is 0 Å². The van der Waals surface area contributed by atoms with Crippen LogP contribution in [0, 0.1) is 0 Å². The number of thiophene rings is 1. The fourth-order valence-corrected chi connectivity index (χ4v) is 4.31. The third-order valence-electron chi connectivity index (χ3n) is 5.46. The maximum atomic E-state index is 9.27. The number of aliphatic hydroxyl groups is 1. The number of aromatic nitrogens is 2. The molecule has 0 saturated carbocycles. The third-order valence-corrected chi connectivity index (χ3v) is 6.15. The summed E-state index contributed by atoms with van der Waals surface area (Å²) in [6.45, 7) is 0.550. The van der Waals surface area contributed by atoms with E-state index in [0.717, 1.165) is 47.4 Å². The summed E-state index contributed by atoms with van der Waals surface area (Å²) in [7, 11) is 0. The number of aromatic amines is 1. The van der Waals surface area contributed by atoms with Crippen LogP contribution in [0.3, 0.4) is 0 Å². The number of H-pyrrole nitrogens is 1. The summed E-state index contributed by atoms with van der Waals surface area (Å²) >= 11 is 1.67. The second kappa shape index (κ2) is 11.1. The largest absolute Gasteiger partial charge is 0.493 e. The van der Waals surface area contributed by atoms with Gasteiger partial charge in [-0.1, -0.05) is 30.3 Å². The minimum absolute atomic E-state index is 0.148. The lowest BCUT2D eigenvalue weighted by molar-refractivity contribution is 0.264. The average Bonchev–Trinajstić information content (AvgIpc) is 3.54. The Kier molecular flexibility index (Phi) is 7.72. The molecule has 4 aromatic rings. The van der Waals surface area contributed by atoms with Crippen molar-refractivity contribution < 1.29 is 9.84 Å². The van der Waals surface area contributed by atoms with Gasteiger partial charge in [-0.15, -0.1) is 0 Å². The van der Waals surface area contributed by atoms with Crippen molar-refractivity contribution in [1.29, 1.82) is 0 Å². The van der Waals surface area contributed by atoms with Crippen LogP contribution in [0.1, 0.15) is 36.7 Å². The van der Waals surface area contributed by atoms with Crippen LogP contribution in [0.2, 0.25) is 0 Å². The van der Waals surface area contributed by atoms with Crippen molar-refractivity contribution in [2.45, 2.75) is 31.7 Å². The number of ether oxygens (including phenoxy) is 1. The van der Waals surface area contributed by atoms with Crippen molar-refractivity contribution in [2.24, 2.45) is 5.73 Å². The zero-order valence-corrected chi connectivity index (χ0v) is 18.9. The summed E-state index contributed by atoms with van der Waals surface area (Å²) < 4.78 is 6.19. The van der Waals surface area contributed by atoms with Gasteiger partial charge in [0.05, 0.1) is 24.9 Å². The first-order valence-corrected chi connectivity index (χ1v) is 11.9. The molecule has 0 spiro atoms. The molecule has 0 aliphatic rings. The Morgan fingerprint density at radius 2 is 1.91 bits per heavy atom. The molecule has 2 heterocycles. The van der Waals surface area contributed by atoms with Gasteiger partial charge in [0, 0.05) is 17.3 Å². The Balaban J connectivity index is 1.40. The van der Waals surface area contributed by atoms with Crippen LogP contribution in [-0.4, -0.2) is 28.3 Å². The lowest BCUT2D eigenvalue weighted by Gasteiger charge is -2.12. The fraction of sp³-hybridized carbons (Fsp3) is 0.269. The highest BCUT2D eigenvalue weighted by Crippen LogP contribution is 2.35. The van der Waals surface area contributed by atoms with Gasteiger partial charge < -0.3 is 20.6 Å². The quantitative estimate of drug-likeness (QED) is 0.262. The summed E-state index contributed by atoms with van der Waals surface area (Å²) in [5.74, 6) is 1.47. The summed E-state index contributed by atoms with van der Waals surface area (Å²) in [6, 6.07) is 18.4. The second-order valence-corrected chi connectivity index (χ2v) is 8.61. The van der Waals surface area contributed by atoms with Crippen molar-refractivity contribution in [3.63, 3.8) is 0 Å². The number of nitrogens with two attached hydrogens (primary N) is 1. The lowest BCUT2D eigenvalue weighted by atomic mass is 10.0. The Bertz CT molecular complexity index is 1090. The number of hydrogen-bond acceptors (Lipinski definition) is 5. The Morgan fingerprint density at radius 3 is 2.69 bits per heavy atom. The normalized spacial score (nSPS) is 12.1. The van der Waals surface area contributed by atoms with Gasteiger partial charge in [0.1, 0.15) is 11.6 Å². The standard InChI is InChI=1S/C26H29N3O2S/c27-23(17-30)26-28-16-24(29-26)20-10-11-25(22(15-20)21-12-14-32-18-21)31-13-6-2-5-9-19-7-3-1-4-8-19/h1,3-4,7-8,10-12,14-16,18,23,30H,2,5-6,9,13,17,27H2,(H,28,29). The number of imidazole rings is 1. The van der Waals surface area contributed by atoms with Crippen LogP contribution in [0.5, 0.6) is 5.75 Å². The highest BCUT2D eigenvalue weighted by molar-refractivity contribution is 7.08. The molecule has 4 N–H and O–H groups in total. The molecule has 1 unspecified atom stereocenters. The van der Waals surface area contributed by atoms with Crippen LogP contribution >= 0.6 is 11.3 Å². The number of nitrogens with zero attached hydrogens (tertiary/aromatic N) is 1. The molecular weight excluding hydrogens is 418 g/mol. The molecule has 166 valence electrons. The second-order valence-electron chi connectivity index (χ2n) is 7.83. The van der Waals surface area contributed by atoms with Gasteiger partial charge in [0.15, 0.2) is 0 Å². The van der Waals surface area contributed by atoms with Crippen molar-refractivity contribution >= 4 is 11.3 Å². The van der Waals surface area contributed by atoms with Crippen LogP contribution in [-0.2, 0) is 6.42 Å². The number of hydrogen-bond donors (Lipinski definition) is 3. The van der Waals surface area contributed by atoms with Gasteiger partial charge in [-0.05, 0) is 71.8 Å². The van der Waals surface area contributed by atoms with Gasteiger partial charge in [-0.2, -0.15) is 11.3 Å². The molecule has 0 aliphatic carbocycles. The number of unbranched alkanes of at least 4 members (excludes halogenated alkanes) is 2. The predicted molar refractivity (Wildman–Crippen MR) is 131 cm³/mol. The molecule has 2 aromatic heterocycles. The first kappa shape index (κ1) is 22.3. The summed E-state index contributed by atoms with van der Waals surface area (Å²) in [5, 5.41) is 13.5. The lowest BCUT2D eigenvalue weighted by Crippen LogP contribution is -2.15. The van der Waals surface area contributed by atoms with Gasteiger partial charge in [0.25, 0.3) is 0 Å². The maximum Gasteiger partial charge on any atom is 0.127 e. The van der Waals surface area contributed by atoms with Gasteiger partial charge in [-0.3, -0.25) is 0 Å². The molecule has 0 radical (unpaired) electrons. The third kappa shape index (κ3) is 5.65. The molecule has 32 heavy (non-hydrogen) atoms. The van der Waals surface area contributed by atoms with Gasteiger partial charge in [0.2, 0.25) is 0 Å². The van der Waals surface area contributed by atoms with Crippen LogP contribution in [0.15, 0.2) is 71.6 Å². The summed E-state index contributed by atoms with van der Waals surface area (Å²) in [5.41, 5.74) is 11.2. The smallest absolute Gasteiger partial charge is 0.127 e. The first-order chi connectivity index (χ1) is 15.7. The highest BCUT2D eigenvalue weighted by atomic mass is 32.1. The molecule has 1 atom stereocenters. The average molecular weight is 448 g/mol. The van der Waals surface area contributed by atoms with E-state index in [1.807, 2.05) is 18.3 Å². The number of aliphatic hydroxyl groups excluding tert-OH is 1. The molecule has 5 nitrogen and oxygen atoms in total. The van der Waals surface area contributed by atoms with Crippen LogP contribution in [0.25, 0.3) is 22.4 Å². The van der Waals surface area contributed by atoms with Crippen molar-refractivity contribution in [2.75, 3.05) is 13.2 Å². The zero-order chi connectivity index (χ0) is 22.2. The molecule has 0 aliphatic heterocycles. The zero-order valence-electron chi connectivity index (χ0n) is 18.0. The molecule has 2 aromatic carbocycles. The molecule has 0 bridgehead atoms. The Morgan fingerprint density at radius 1 is 1.03 bits per heavy atom. The highest BCUT2D eigenvalue weighted by Gasteiger charge is 2.14. The van der Waals surface area contributed by atoms with E-state index in [9.17, 15) is 5.11 Å². The number of benzene rings is 2. The SMILES string of the molecule is NC(CO)c1nc(-c2ccc(OCCCCCc3ccccc3)c(-c3ccsc3)c2)c[nH]1. The molecule has 6 heteroatoms.